The number of pyridine rings is 1. The lowest BCUT2D eigenvalue weighted by atomic mass is 9.85. The summed E-state index contributed by atoms with van der Waals surface area (Å²) in [5, 5.41) is 7.41. The number of nitrogens with one attached hydrogen (secondary N) is 1. The van der Waals surface area contributed by atoms with Gasteiger partial charge in [-0.15, -0.1) is 0 Å². The molecule has 1 aliphatic rings. The van der Waals surface area contributed by atoms with Crippen LogP contribution in [-0.2, 0) is 0 Å². The van der Waals surface area contributed by atoms with Gasteiger partial charge in [-0.05, 0) is 31.2 Å². The van der Waals surface area contributed by atoms with Crippen LogP contribution in [0.5, 0.6) is 5.88 Å². The number of amidine groups is 1. The van der Waals surface area contributed by atoms with Crippen LogP contribution in [0.2, 0.25) is 0 Å². The minimum absolute atomic E-state index is 0.0531. The first-order valence-corrected chi connectivity index (χ1v) is 6.66. The van der Waals surface area contributed by atoms with Gasteiger partial charge in [0.2, 0.25) is 5.88 Å². The molecule has 2 rings (SSSR count). The van der Waals surface area contributed by atoms with E-state index in [1.54, 1.807) is 18.3 Å². The van der Waals surface area contributed by atoms with E-state index in [0.29, 0.717) is 11.4 Å². The summed E-state index contributed by atoms with van der Waals surface area (Å²) in [7, 11) is 0. The zero-order chi connectivity index (χ0) is 13.0. The average molecular weight is 247 g/mol. The fraction of sp³-hybridized carbons (Fsp3) is 0.571. The quantitative estimate of drug-likeness (QED) is 0.634. The van der Waals surface area contributed by atoms with Gasteiger partial charge in [-0.3, -0.25) is 5.41 Å². The number of aromatic nitrogens is 1. The fourth-order valence-electron chi connectivity index (χ4n) is 2.53. The Morgan fingerprint density at radius 3 is 3.11 bits per heavy atom. The van der Waals surface area contributed by atoms with Crippen LogP contribution in [0.4, 0.5) is 0 Å². The normalized spacial score (nSPS) is 23.6. The van der Waals surface area contributed by atoms with Crippen LogP contribution in [0.15, 0.2) is 18.3 Å². The number of nitrogens with zero attached hydrogens (tertiary/aromatic N) is 1. The Morgan fingerprint density at radius 1 is 1.56 bits per heavy atom. The lowest BCUT2D eigenvalue weighted by molar-refractivity contribution is 0.117. The van der Waals surface area contributed by atoms with Gasteiger partial charge in [0.15, 0.2) is 0 Å². The minimum Gasteiger partial charge on any atom is -0.474 e. The topological polar surface area (TPSA) is 72.0 Å². The standard InChI is InChI=1S/C14H21N3O/c1-2-10-4-3-5-12(8-10)18-13-9-11(14(15)16)6-7-17-13/h6-7,9-10,12H,2-5,8H2,1H3,(H3,15,16). The molecule has 0 bridgehead atoms. The number of nitrogen functional groups attached to an aromatic ring is 1. The SMILES string of the molecule is CCC1CCCC(Oc2cc(C(=N)N)ccn2)C1. The summed E-state index contributed by atoms with van der Waals surface area (Å²) in [6.45, 7) is 2.24. The van der Waals surface area contributed by atoms with Gasteiger partial charge in [0, 0.05) is 17.8 Å². The molecule has 0 aromatic carbocycles. The molecule has 0 spiro atoms. The summed E-state index contributed by atoms with van der Waals surface area (Å²) in [4.78, 5) is 4.19. The van der Waals surface area contributed by atoms with Gasteiger partial charge in [-0.1, -0.05) is 19.8 Å². The summed E-state index contributed by atoms with van der Waals surface area (Å²) in [6.07, 6.45) is 7.89. The van der Waals surface area contributed by atoms with Gasteiger partial charge in [0.25, 0.3) is 0 Å². The number of ether oxygens (including phenoxy) is 1. The van der Waals surface area contributed by atoms with E-state index in [1.165, 1.54) is 19.3 Å². The number of hydrogen-bond acceptors (Lipinski definition) is 3. The summed E-state index contributed by atoms with van der Waals surface area (Å²) in [6, 6.07) is 3.48. The van der Waals surface area contributed by atoms with Crippen molar-refractivity contribution in [2.45, 2.75) is 45.1 Å². The Balaban J connectivity index is 2.00. The van der Waals surface area contributed by atoms with Gasteiger partial charge in [-0.25, -0.2) is 4.98 Å². The van der Waals surface area contributed by atoms with Gasteiger partial charge in [-0.2, -0.15) is 0 Å². The molecule has 3 N–H and O–H groups in total. The lowest BCUT2D eigenvalue weighted by Gasteiger charge is -2.28. The minimum atomic E-state index is 0.0531. The summed E-state index contributed by atoms with van der Waals surface area (Å²) < 4.78 is 5.91. The van der Waals surface area contributed by atoms with Crippen molar-refractivity contribution in [1.29, 1.82) is 5.41 Å². The molecular weight excluding hydrogens is 226 g/mol. The molecule has 0 saturated heterocycles. The maximum absolute atomic E-state index is 7.41. The lowest BCUT2D eigenvalue weighted by Crippen LogP contribution is -2.25. The number of nitrogens with two attached hydrogens (primary N) is 1. The second-order valence-corrected chi connectivity index (χ2v) is 4.98. The van der Waals surface area contributed by atoms with Crippen LogP contribution >= 0.6 is 0 Å². The van der Waals surface area contributed by atoms with Crippen molar-refractivity contribution in [3.8, 4) is 5.88 Å². The van der Waals surface area contributed by atoms with E-state index in [1.807, 2.05) is 0 Å². The van der Waals surface area contributed by atoms with Crippen molar-refractivity contribution in [3.05, 3.63) is 23.9 Å². The third kappa shape index (κ3) is 3.22. The van der Waals surface area contributed by atoms with E-state index in [2.05, 4.69) is 11.9 Å². The van der Waals surface area contributed by atoms with Crippen molar-refractivity contribution in [2.75, 3.05) is 0 Å². The summed E-state index contributed by atoms with van der Waals surface area (Å²) >= 11 is 0. The second kappa shape index (κ2) is 5.85. The van der Waals surface area contributed by atoms with E-state index < -0.39 is 0 Å². The molecule has 1 heterocycles. The first-order valence-electron chi connectivity index (χ1n) is 6.66. The van der Waals surface area contributed by atoms with Crippen LogP contribution in [0.25, 0.3) is 0 Å². The Morgan fingerprint density at radius 2 is 2.39 bits per heavy atom. The average Bonchev–Trinajstić information content (AvgIpc) is 2.39. The van der Waals surface area contributed by atoms with Gasteiger partial charge in [0.1, 0.15) is 11.9 Å². The molecule has 1 aromatic heterocycles. The second-order valence-electron chi connectivity index (χ2n) is 4.98. The van der Waals surface area contributed by atoms with Crippen molar-refractivity contribution >= 4 is 5.84 Å². The van der Waals surface area contributed by atoms with Gasteiger partial charge in [0.05, 0.1) is 0 Å². The van der Waals surface area contributed by atoms with Gasteiger partial charge >= 0.3 is 0 Å². The summed E-state index contributed by atoms with van der Waals surface area (Å²) in [5.74, 6) is 1.42. The Hall–Kier alpha value is -1.58. The van der Waals surface area contributed by atoms with Crippen LogP contribution in [-0.4, -0.2) is 16.9 Å². The highest BCUT2D eigenvalue weighted by Crippen LogP contribution is 2.29. The van der Waals surface area contributed by atoms with E-state index in [4.69, 9.17) is 15.9 Å². The summed E-state index contributed by atoms with van der Waals surface area (Å²) in [5.41, 5.74) is 6.13. The van der Waals surface area contributed by atoms with Crippen molar-refractivity contribution in [3.63, 3.8) is 0 Å². The first-order chi connectivity index (χ1) is 8.69. The molecule has 1 fully saturated rings. The van der Waals surface area contributed by atoms with Crippen molar-refractivity contribution in [2.24, 2.45) is 11.7 Å². The van der Waals surface area contributed by atoms with Crippen molar-refractivity contribution < 1.29 is 4.74 Å². The smallest absolute Gasteiger partial charge is 0.214 e. The van der Waals surface area contributed by atoms with Crippen LogP contribution in [0.3, 0.4) is 0 Å². The van der Waals surface area contributed by atoms with E-state index >= 15 is 0 Å². The third-order valence-electron chi connectivity index (χ3n) is 3.65. The molecular formula is C14H21N3O. The van der Waals surface area contributed by atoms with E-state index in [-0.39, 0.29) is 11.9 Å². The molecule has 2 unspecified atom stereocenters. The highest BCUT2D eigenvalue weighted by molar-refractivity contribution is 5.95. The molecule has 1 saturated carbocycles. The highest BCUT2D eigenvalue weighted by Gasteiger charge is 2.22. The molecule has 0 amide bonds. The molecule has 98 valence electrons. The predicted molar refractivity (Wildman–Crippen MR) is 71.9 cm³/mol. The molecule has 4 heteroatoms. The van der Waals surface area contributed by atoms with Gasteiger partial charge < -0.3 is 10.5 Å². The monoisotopic (exact) mass is 247 g/mol. The van der Waals surface area contributed by atoms with Crippen LogP contribution in [0, 0.1) is 11.3 Å². The third-order valence-corrected chi connectivity index (χ3v) is 3.65. The Kier molecular flexibility index (Phi) is 4.18. The van der Waals surface area contributed by atoms with E-state index in [0.717, 1.165) is 18.8 Å². The molecule has 1 aromatic rings. The van der Waals surface area contributed by atoms with Crippen LogP contribution in [0.1, 0.15) is 44.6 Å². The fourth-order valence-corrected chi connectivity index (χ4v) is 2.53. The highest BCUT2D eigenvalue weighted by atomic mass is 16.5. The molecule has 1 aliphatic carbocycles. The Bertz CT molecular complexity index is 419. The molecule has 4 nitrogen and oxygen atoms in total. The Labute approximate surface area is 108 Å². The first kappa shape index (κ1) is 12.9. The van der Waals surface area contributed by atoms with Crippen molar-refractivity contribution in [1.82, 2.24) is 4.98 Å². The molecule has 18 heavy (non-hydrogen) atoms. The maximum atomic E-state index is 7.41. The number of hydrogen-bond donors (Lipinski definition) is 2. The molecule has 2 atom stereocenters. The van der Waals surface area contributed by atoms with E-state index in [9.17, 15) is 0 Å². The predicted octanol–water partition coefficient (Wildman–Crippen LogP) is 2.71. The largest absolute Gasteiger partial charge is 0.474 e. The maximum Gasteiger partial charge on any atom is 0.214 e. The zero-order valence-electron chi connectivity index (χ0n) is 10.9. The van der Waals surface area contributed by atoms with Crippen LogP contribution < -0.4 is 10.5 Å². The zero-order valence-corrected chi connectivity index (χ0v) is 10.9. The molecule has 0 radical (unpaired) electrons. The molecule has 0 aliphatic heterocycles. The number of rotatable bonds is 4.